The SMILES string of the molecule is COCCN1CCC(CNC(=O)/C=C/c2ccc(OC)c(OC)c2)CC1. The normalized spacial score (nSPS) is 16.0. The van der Waals surface area contributed by atoms with Crippen LogP contribution in [0.5, 0.6) is 11.5 Å². The number of nitrogens with zero attached hydrogens (tertiary/aromatic N) is 1. The van der Waals surface area contributed by atoms with Gasteiger partial charge in [0.25, 0.3) is 0 Å². The van der Waals surface area contributed by atoms with Crippen LogP contribution in [0.15, 0.2) is 24.3 Å². The van der Waals surface area contributed by atoms with E-state index in [0.717, 1.165) is 51.2 Å². The first-order chi connectivity index (χ1) is 12.7. The van der Waals surface area contributed by atoms with Gasteiger partial charge in [-0.05, 0) is 55.6 Å². The molecule has 6 heteroatoms. The maximum atomic E-state index is 12.1. The Labute approximate surface area is 156 Å². The molecule has 26 heavy (non-hydrogen) atoms. The second-order valence-corrected chi connectivity index (χ2v) is 6.47. The standard InChI is InChI=1S/C20H30N2O4/c1-24-13-12-22-10-8-17(9-11-22)15-21-20(23)7-5-16-4-6-18(25-2)19(14-16)26-3/h4-7,14,17H,8-13,15H2,1-3H3,(H,21,23)/b7-5+. The third kappa shape index (κ3) is 6.35. The molecule has 1 aliphatic heterocycles. The van der Waals surface area contributed by atoms with Crippen molar-refractivity contribution in [2.45, 2.75) is 12.8 Å². The number of hydrogen-bond acceptors (Lipinski definition) is 5. The van der Waals surface area contributed by atoms with Crippen LogP contribution in [0.4, 0.5) is 0 Å². The molecule has 0 unspecified atom stereocenters. The summed E-state index contributed by atoms with van der Waals surface area (Å²) in [4.78, 5) is 14.5. The van der Waals surface area contributed by atoms with Gasteiger partial charge in [-0.2, -0.15) is 0 Å². The highest BCUT2D eigenvalue weighted by Gasteiger charge is 2.18. The summed E-state index contributed by atoms with van der Waals surface area (Å²) in [6.45, 7) is 4.65. The average molecular weight is 362 g/mol. The number of carbonyl (C=O) groups is 1. The average Bonchev–Trinajstić information content (AvgIpc) is 2.69. The number of methoxy groups -OCH3 is 3. The van der Waals surface area contributed by atoms with Gasteiger partial charge < -0.3 is 24.4 Å². The second kappa shape index (κ2) is 10.8. The van der Waals surface area contributed by atoms with Crippen LogP contribution < -0.4 is 14.8 Å². The summed E-state index contributed by atoms with van der Waals surface area (Å²) in [5.74, 6) is 1.80. The van der Waals surface area contributed by atoms with Crippen molar-refractivity contribution < 1.29 is 19.0 Å². The third-order valence-corrected chi connectivity index (χ3v) is 4.72. The monoisotopic (exact) mass is 362 g/mol. The highest BCUT2D eigenvalue weighted by atomic mass is 16.5. The van der Waals surface area contributed by atoms with Crippen LogP contribution in [-0.2, 0) is 9.53 Å². The minimum Gasteiger partial charge on any atom is -0.493 e. The van der Waals surface area contributed by atoms with Crippen molar-refractivity contribution in [2.75, 3.05) is 54.1 Å². The molecule has 0 aliphatic carbocycles. The number of nitrogens with one attached hydrogen (secondary N) is 1. The lowest BCUT2D eigenvalue weighted by atomic mass is 9.97. The predicted molar refractivity (Wildman–Crippen MR) is 103 cm³/mol. The van der Waals surface area contributed by atoms with Crippen molar-refractivity contribution in [3.05, 3.63) is 29.8 Å². The molecular weight excluding hydrogens is 332 g/mol. The Balaban J connectivity index is 1.74. The van der Waals surface area contributed by atoms with E-state index in [4.69, 9.17) is 14.2 Å². The van der Waals surface area contributed by atoms with Crippen LogP contribution in [0.3, 0.4) is 0 Å². The lowest BCUT2D eigenvalue weighted by Crippen LogP contribution is -2.39. The van der Waals surface area contributed by atoms with Gasteiger partial charge in [0.15, 0.2) is 11.5 Å². The van der Waals surface area contributed by atoms with Gasteiger partial charge in [0.05, 0.1) is 20.8 Å². The van der Waals surface area contributed by atoms with E-state index in [2.05, 4.69) is 10.2 Å². The summed E-state index contributed by atoms with van der Waals surface area (Å²) >= 11 is 0. The molecule has 144 valence electrons. The molecule has 0 aromatic heterocycles. The van der Waals surface area contributed by atoms with Crippen molar-refractivity contribution in [3.8, 4) is 11.5 Å². The number of carbonyl (C=O) groups excluding carboxylic acids is 1. The highest BCUT2D eigenvalue weighted by Crippen LogP contribution is 2.27. The van der Waals surface area contributed by atoms with E-state index < -0.39 is 0 Å². The molecule has 1 N–H and O–H groups in total. The van der Waals surface area contributed by atoms with E-state index in [1.165, 1.54) is 0 Å². The van der Waals surface area contributed by atoms with E-state index in [1.54, 1.807) is 33.5 Å². The zero-order chi connectivity index (χ0) is 18.8. The van der Waals surface area contributed by atoms with Gasteiger partial charge in [-0.25, -0.2) is 0 Å². The molecule has 0 radical (unpaired) electrons. The summed E-state index contributed by atoms with van der Waals surface area (Å²) in [6.07, 6.45) is 5.58. The van der Waals surface area contributed by atoms with Crippen LogP contribution in [0.2, 0.25) is 0 Å². The fraction of sp³-hybridized carbons (Fsp3) is 0.550. The highest BCUT2D eigenvalue weighted by molar-refractivity contribution is 5.91. The topological polar surface area (TPSA) is 60.0 Å². The molecular formula is C20H30N2O4. The Morgan fingerprint density at radius 3 is 2.58 bits per heavy atom. The lowest BCUT2D eigenvalue weighted by molar-refractivity contribution is -0.116. The number of likely N-dealkylation sites (tertiary alicyclic amines) is 1. The fourth-order valence-corrected chi connectivity index (χ4v) is 3.07. The number of hydrogen-bond donors (Lipinski definition) is 1. The van der Waals surface area contributed by atoms with Crippen molar-refractivity contribution in [2.24, 2.45) is 5.92 Å². The Bertz CT molecular complexity index is 595. The van der Waals surface area contributed by atoms with Crippen LogP contribution in [-0.4, -0.2) is 64.9 Å². The van der Waals surface area contributed by atoms with Crippen LogP contribution >= 0.6 is 0 Å². The first kappa shape index (κ1) is 20.3. The van der Waals surface area contributed by atoms with Crippen molar-refractivity contribution >= 4 is 12.0 Å². The smallest absolute Gasteiger partial charge is 0.244 e. The van der Waals surface area contributed by atoms with Crippen molar-refractivity contribution in [3.63, 3.8) is 0 Å². The molecule has 1 amide bonds. The molecule has 1 fully saturated rings. The quantitative estimate of drug-likeness (QED) is 0.683. The summed E-state index contributed by atoms with van der Waals surface area (Å²) in [5.41, 5.74) is 0.893. The zero-order valence-corrected chi connectivity index (χ0v) is 16.0. The minimum absolute atomic E-state index is 0.0680. The van der Waals surface area contributed by atoms with E-state index in [0.29, 0.717) is 17.4 Å². The number of rotatable bonds is 9. The molecule has 2 rings (SSSR count). The van der Waals surface area contributed by atoms with Crippen LogP contribution in [0.25, 0.3) is 6.08 Å². The van der Waals surface area contributed by atoms with Gasteiger partial charge in [0.1, 0.15) is 0 Å². The van der Waals surface area contributed by atoms with Gasteiger partial charge in [0.2, 0.25) is 5.91 Å². The molecule has 0 spiro atoms. The number of ether oxygens (including phenoxy) is 3. The van der Waals surface area contributed by atoms with E-state index in [9.17, 15) is 4.79 Å². The first-order valence-electron chi connectivity index (χ1n) is 9.05. The van der Waals surface area contributed by atoms with Gasteiger partial charge in [-0.1, -0.05) is 6.07 Å². The first-order valence-corrected chi connectivity index (χ1v) is 9.05. The minimum atomic E-state index is -0.0680. The maximum Gasteiger partial charge on any atom is 0.244 e. The van der Waals surface area contributed by atoms with Crippen LogP contribution in [0.1, 0.15) is 18.4 Å². The maximum absolute atomic E-state index is 12.1. The zero-order valence-electron chi connectivity index (χ0n) is 16.0. The summed E-state index contributed by atoms with van der Waals surface area (Å²) in [5, 5.41) is 3.01. The summed E-state index contributed by atoms with van der Waals surface area (Å²) in [7, 11) is 4.93. The van der Waals surface area contributed by atoms with E-state index in [-0.39, 0.29) is 5.91 Å². The van der Waals surface area contributed by atoms with Crippen LogP contribution in [0, 0.1) is 5.92 Å². The van der Waals surface area contributed by atoms with Gasteiger partial charge in [-0.3, -0.25) is 4.79 Å². The molecule has 6 nitrogen and oxygen atoms in total. The van der Waals surface area contributed by atoms with Crippen molar-refractivity contribution in [1.82, 2.24) is 10.2 Å². The summed E-state index contributed by atoms with van der Waals surface area (Å²) in [6, 6.07) is 5.56. The Kier molecular flexibility index (Phi) is 8.44. The Morgan fingerprint density at radius 2 is 1.92 bits per heavy atom. The van der Waals surface area contributed by atoms with E-state index in [1.807, 2.05) is 18.2 Å². The Hall–Kier alpha value is -2.05. The van der Waals surface area contributed by atoms with Gasteiger partial charge in [0, 0.05) is 26.3 Å². The molecule has 1 aliphatic rings. The molecule has 0 saturated carbocycles. The molecule has 1 aromatic rings. The number of piperidine rings is 1. The molecule has 0 bridgehead atoms. The molecule has 1 aromatic carbocycles. The number of benzene rings is 1. The van der Waals surface area contributed by atoms with Gasteiger partial charge >= 0.3 is 0 Å². The second-order valence-electron chi connectivity index (χ2n) is 6.47. The third-order valence-electron chi connectivity index (χ3n) is 4.72. The summed E-state index contributed by atoms with van der Waals surface area (Å²) < 4.78 is 15.6. The Morgan fingerprint density at radius 1 is 1.19 bits per heavy atom. The van der Waals surface area contributed by atoms with Crippen molar-refractivity contribution in [1.29, 1.82) is 0 Å². The molecule has 1 heterocycles. The molecule has 0 atom stereocenters. The van der Waals surface area contributed by atoms with E-state index >= 15 is 0 Å². The predicted octanol–water partition coefficient (Wildman–Crippen LogP) is 2.19. The van der Waals surface area contributed by atoms with Gasteiger partial charge in [-0.15, -0.1) is 0 Å². The lowest BCUT2D eigenvalue weighted by Gasteiger charge is -2.31. The fourth-order valence-electron chi connectivity index (χ4n) is 3.07. The number of amides is 1. The largest absolute Gasteiger partial charge is 0.493 e. The molecule has 1 saturated heterocycles.